The Morgan fingerprint density at radius 1 is 1.50 bits per heavy atom. The molecule has 0 atom stereocenters. The van der Waals surface area contributed by atoms with Crippen molar-refractivity contribution < 1.29 is 0 Å². The maximum absolute atomic E-state index is 9.13. The van der Waals surface area contributed by atoms with Crippen LogP contribution < -0.4 is 4.90 Å². The van der Waals surface area contributed by atoms with Crippen molar-refractivity contribution in [1.82, 2.24) is 0 Å². The zero-order valence-electron chi connectivity index (χ0n) is 9.41. The smallest absolute Gasteiger partial charge is 0.103 e. The van der Waals surface area contributed by atoms with Gasteiger partial charge in [-0.05, 0) is 37.8 Å². The average Bonchev–Trinajstić information content (AvgIpc) is 3.09. The number of nitrogens with zero attached hydrogens (tertiary/aromatic N) is 2. The van der Waals surface area contributed by atoms with Crippen LogP contribution in [0.4, 0.5) is 5.69 Å². The van der Waals surface area contributed by atoms with Crippen LogP contribution in [0.25, 0.3) is 0 Å². The fraction of sp³-hybridized carbons (Fsp3) is 0.462. The Bertz CT molecular complexity index is 418. The lowest BCUT2D eigenvalue weighted by molar-refractivity contribution is 0.741. The molecule has 0 aliphatic heterocycles. The SMILES string of the molecule is CCN(CC1CC1)c1cccc(Cl)c1C#N. The van der Waals surface area contributed by atoms with Gasteiger partial charge in [-0.1, -0.05) is 17.7 Å². The normalized spacial score (nSPS) is 14.6. The number of rotatable bonds is 4. The first kappa shape index (κ1) is 11.3. The van der Waals surface area contributed by atoms with Crippen LogP contribution in [0.3, 0.4) is 0 Å². The molecule has 3 heteroatoms. The van der Waals surface area contributed by atoms with Gasteiger partial charge in [0.05, 0.1) is 16.3 Å². The van der Waals surface area contributed by atoms with Gasteiger partial charge in [-0.25, -0.2) is 0 Å². The molecule has 84 valence electrons. The van der Waals surface area contributed by atoms with Crippen LogP contribution in [-0.4, -0.2) is 13.1 Å². The molecule has 0 heterocycles. The van der Waals surface area contributed by atoms with Crippen molar-refractivity contribution in [2.45, 2.75) is 19.8 Å². The molecule has 2 rings (SSSR count). The Hall–Kier alpha value is -1.20. The van der Waals surface area contributed by atoms with Crippen LogP contribution in [0.5, 0.6) is 0 Å². The maximum Gasteiger partial charge on any atom is 0.103 e. The van der Waals surface area contributed by atoms with E-state index < -0.39 is 0 Å². The molecule has 0 spiro atoms. The number of hydrogen-bond acceptors (Lipinski definition) is 2. The van der Waals surface area contributed by atoms with Gasteiger partial charge in [0.15, 0.2) is 0 Å². The van der Waals surface area contributed by atoms with E-state index in [1.807, 2.05) is 12.1 Å². The van der Waals surface area contributed by atoms with Crippen LogP contribution in [0.15, 0.2) is 18.2 Å². The molecule has 0 radical (unpaired) electrons. The van der Waals surface area contributed by atoms with E-state index in [1.165, 1.54) is 12.8 Å². The summed E-state index contributed by atoms with van der Waals surface area (Å²) in [6.45, 7) is 4.08. The van der Waals surface area contributed by atoms with Crippen LogP contribution >= 0.6 is 11.6 Å². The van der Waals surface area contributed by atoms with Gasteiger partial charge >= 0.3 is 0 Å². The van der Waals surface area contributed by atoms with Gasteiger partial charge in [0, 0.05) is 13.1 Å². The Kier molecular flexibility index (Phi) is 3.36. The van der Waals surface area contributed by atoms with E-state index in [2.05, 4.69) is 17.9 Å². The molecule has 0 N–H and O–H groups in total. The molecule has 2 nitrogen and oxygen atoms in total. The number of halogens is 1. The Morgan fingerprint density at radius 2 is 2.25 bits per heavy atom. The van der Waals surface area contributed by atoms with Crippen LogP contribution in [0, 0.1) is 17.2 Å². The van der Waals surface area contributed by atoms with Crippen molar-refractivity contribution >= 4 is 17.3 Å². The molecular weight excluding hydrogens is 220 g/mol. The van der Waals surface area contributed by atoms with Crippen molar-refractivity contribution in [3.8, 4) is 6.07 Å². The molecule has 0 unspecified atom stereocenters. The molecular formula is C13H15ClN2. The highest BCUT2D eigenvalue weighted by Gasteiger charge is 2.25. The zero-order chi connectivity index (χ0) is 11.5. The van der Waals surface area contributed by atoms with Crippen molar-refractivity contribution in [3.63, 3.8) is 0 Å². The fourth-order valence-electron chi connectivity index (χ4n) is 1.90. The highest BCUT2D eigenvalue weighted by molar-refractivity contribution is 6.32. The molecule has 1 aliphatic rings. The summed E-state index contributed by atoms with van der Waals surface area (Å²) in [4.78, 5) is 2.25. The topological polar surface area (TPSA) is 27.0 Å². The van der Waals surface area contributed by atoms with E-state index in [1.54, 1.807) is 6.07 Å². The maximum atomic E-state index is 9.13. The third kappa shape index (κ3) is 2.31. The molecule has 1 fully saturated rings. The first-order chi connectivity index (χ1) is 7.76. The number of nitriles is 1. The van der Waals surface area contributed by atoms with E-state index in [9.17, 15) is 0 Å². The first-order valence-electron chi connectivity index (χ1n) is 5.69. The van der Waals surface area contributed by atoms with Crippen molar-refractivity contribution in [2.24, 2.45) is 5.92 Å². The first-order valence-corrected chi connectivity index (χ1v) is 6.07. The lowest BCUT2D eigenvalue weighted by Gasteiger charge is -2.24. The summed E-state index contributed by atoms with van der Waals surface area (Å²) in [5.41, 5.74) is 1.58. The van der Waals surface area contributed by atoms with Crippen molar-refractivity contribution in [3.05, 3.63) is 28.8 Å². The van der Waals surface area contributed by atoms with Gasteiger partial charge in [-0.2, -0.15) is 5.26 Å². The third-order valence-electron chi connectivity index (χ3n) is 3.00. The van der Waals surface area contributed by atoms with Crippen LogP contribution in [0.1, 0.15) is 25.3 Å². The van der Waals surface area contributed by atoms with E-state index in [0.717, 1.165) is 24.7 Å². The highest BCUT2D eigenvalue weighted by atomic mass is 35.5. The molecule has 1 aliphatic carbocycles. The van der Waals surface area contributed by atoms with Gasteiger partial charge in [0.25, 0.3) is 0 Å². The van der Waals surface area contributed by atoms with Crippen LogP contribution in [-0.2, 0) is 0 Å². The van der Waals surface area contributed by atoms with E-state index in [-0.39, 0.29) is 0 Å². The summed E-state index contributed by atoms with van der Waals surface area (Å²) in [7, 11) is 0. The second-order valence-corrected chi connectivity index (χ2v) is 4.63. The summed E-state index contributed by atoms with van der Waals surface area (Å²) in [5.74, 6) is 0.811. The Labute approximate surface area is 101 Å². The third-order valence-corrected chi connectivity index (χ3v) is 3.32. The van der Waals surface area contributed by atoms with E-state index in [0.29, 0.717) is 10.6 Å². The lowest BCUT2D eigenvalue weighted by Crippen LogP contribution is -2.26. The molecule has 1 saturated carbocycles. The van der Waals surface area contributed by atoms with Gasteiger partial charge in [-0.3, -0.25) is 0 Å². The average molecular weight is 235 g/mol. The number of hydrogen-bond donors (Lipinski definition) is 0. The van der Waals surface area contributed by atoms with Crippen LogP contribution in [0.2, 0.25) is 5.02 Å². The number of benzene rings is 1. The summed E-state index contributed by atoms with van der Waals surface area (Å²) in [6.07, 6.45) is 2.64. The summed E-state index contributed by atoms with van der Waals surface area (Å²) >= 11 is 6.03. The molecule has 16 heavy (non-hydrogen) atoms. The minimum atomic E-state index is 0.550. The second-order valence-electron chi connectivity index (χ2n) is 4.23. The second kappa shape index (κ2) is 4.76. The molecule has 0 bridgehead atoms. The minimum absolute atomic E-state index is 0.550. The summed E-state index contributed by atoms with van der Waals surface area (Å²) in [6, 6.07) is 7.86. The molecule has 0 aromatic heterocycles. The summed E-state index contributed by atoms with van der Waals surface area (Å²) < 4.78 is 0. The summed E-state index contributed by atoms with van der Waals surface area (Å²) in [5, 5.41) is 9.68. The lowest BCUT2D eigenvalue weighted by atomic mass is 10.1. The largest absolute Gasteiger partial charge is 0.370 e. The Morgan fingerprint density at radius 3 is 2.81 bits per heavy atom. The van der Waals surface area contributed by atoms with E-state index in [4.69, 9.17) is 16.9 Å². The molecule has 0 saturated heterocycles. The van der Waals surface area contributed by atoms with E-state index >= 15 is 0 Å². The molecule has 0 amide bonds. The van der Waals surface area contributed by atoms with Gasteiger partial charge in [0.1, 0.15) is 6.07 Å². The zero-order valence-corrected chi connectivity index (χ0v) is 10.2. The van der Waals surface area contributed by atoms with Gasteiger partial charge in [0.2, 0.25) is 0 Å². The minimum Gasteiger partial charge on any atom is -0.370 e. The Balaban J connectivity index is 2.29. The molecule has 1 aromatic rings. The van der Waals surface area contributed by atoms with Crippen molar-refractivity contribution in [2.75, 3.05) is 18.0 Å². The standard InChI is InChI=1S/C13H15ClN2/c1-2-16(9-10-6-7-10)13-5-3-4-12(14)11(13)8-15/h3-5,10H,2,6-7,9H2,1H3. The van der Waals surface area contributed by atoms with Gasteiger partial charge in [-0.15, -0.1) is 0 Å². The molecule has 1 aromatic carbocycles. The van der Waals surface area contributed by atoms with Crippen molar-refractivity contribution in [1.29, 1.82) is 5.26 Å². The monoisotopic (exact) mass is 234 g/mol. The predicted octanol–water partition coefficient (Wildman–Crippen LogP) is 3.45. The quantitative estimate of drug-likeness (QED) is 0.798. The highest BCUT2D eigenvalue weighted by Crippen LogP contribution is 2.33. The number of anilines is 1. The fourth-order valence-corrected chi connectivity index (χ4v) is 2.11. The van der Waals surface area contributed by atoms with Gasteiger partial charge < -0.3 is 4.90 Å². The predicted molar refractivity (Wildman–Crippen MR) is 66.8 cm³/mol.